The molecule has 0 saturated carbocycles. The first-order valence-electron chi connectivity index (χ1n) is 6.64. The Morgan fingerprint density at radius 2 is 2.05 bits per heavy atom. The second-order valence-electron chi connectivity index (χ2n) is 4.87. The van der Waals surface area contributed by atoms with Crippen LogP contribution < -0.4 is 16.4 Å². The van der Waals surface area contributed by atoms with E-state index in [-0.39, 0.29) is 5.69 Å². The maximum Gasteiger partial charge on any atom is 0.294 e. The highest BCUT2D eigenvalue weighted by Gasteiger charge is 2.13. The van der Waals surface area contributed by atoms with Crippen LogP contribution in [0.4, 0.5) is 17.1 Å². The lowest BCUT2D eigenvalue weighted by atomic mass is 10.2. The van der Waals surface area contributed by atoms with E-state index in [1.54, 1.807) is 12.1 Å². The number of nitrogens with zero attached hydrogens (tertiary/aromatic N) is 2. The van der Waals surface area contributed by atoms with Crippen LogP contribution >= 0.6 is 0 Å². The molecule has 1 aromatic carbocycles. The Morgan fingerprint density at radius 1 is 1.30 bits per heavy atom. The van der Waals surface area contributed by atoms with Gasteiger partial charge in [-0.1, -0.05) is 0 Å². The second-order valence-corrected chi connectivity index (χ2v) is 4.87. The van der Waals surface area contributed by atoms with Gasteiger partial charge >= 0.3 is 0 Å². The number of hydrogen-bond donors (Lipinski definition) is 3. The Bertz CT molecular complexity index is 437. The van der Waals surface area contributed by atoms with Crippen LogP contribution in [0.1, 0.15) is 6.42 Å². The van der Waals surface area contributed by atoms with Crippen LogP contribution in [0.5, 0.6) is 0 Å². The van der Waals surface area contributed by atoms with Gasteiger partial charge in [-0.3, -0.25) is 10.1 Å². The van der Waals surface area contributed by atoms with Crippen LogP contribution in [-0.4, -0.2) is 50.1 Å². The molecule has 0 aliphatic heterocycles. The first-order chi connectivity index (χ1) is 9.50. The van der Waals surface area contributed by atoms with E-state index in [0.717, 1.165) is 26.1 Å². The van der Waals surface area contributed by atoms with Gasteiger partial charge in [0.1, 0.15) is 5.69 Å². The summed E-state index contributed by atoms with van der Waals surface area (Å²) in [4.78, 5) is 12.6. The number of anilines is 2. The predicted octanol–water partition coefficient (Wildman–Crippen LogP) is 1.13. The van der Waals surface area contributed by atoms with E-state index in [1.807, 2.05) is 14.1 Å². The molecule has 20 heavy (non-hydrogen) atoms. The van der Waals surface area contributed by atoms with E-state index in [9.17, 15) is 10.1 Å². The predicted molar refractivity (Wildman–Crippen MR) is 82.0 cm³/mol. The zero-order chi connectivity index (χ0) is 15.0. The largest absolute Gasteiger partial charge is 0.399 e. The van der Waals surface area contributed by atoms with Gasteiger partial charge < -0.3 is 21.3 Å². The Hall–Kier alpha value is -1.86. The van der Waals surface area contributed by atoms with Gasteiger partial charge in [0.05, 0.1) is 4.92 Å². The summed E-state index contributed by atoms with van der Waals surface area (Å²) in [6.45, 7) is 3.37. The number of nitro groups is 1. The Balaban J connectivity index is 2.30. The lowest BCUT2D eigenvalue weighted by Crippen LogP contribution is -2.26. The molecule has 0 spiro atoms. The van der Waals surface area contributed by atoms with Gasteiger partial charge in [0.25, 0.3) is 5.69 Å². The Morgan fingerprint density at radius 3 is 2.70 bits per heavy atom. The molecular weight excluding hydrogens is 258 g/mol. The van der Waals surface area contributed by atoms with E-state index < -0.39 is 4.92 Å². The second kappa shape index (κ2) is 8.34. The molecule has 1 rings (SSSR count). The smallest absolute Gasteiger partial charge is 0.294 e. The third-order valence-electron chi connectivity index (χ3n) is 2.79. The van der Waals surface area contributed by atoms with Crippen molar-refractivity contribution in [2.45, 2.75) is 6.42 Å². The van der Waals surface area contributed by atoms with E-state index in [1.165, 1.54) is 6.07 Å². The van der Waals surface area contributed by atoms with Crippen molar-refractivity contribution >= 4 is 17.1 Å². The summed E-state index contributed by atoms with van der Waals surface area (Å²) < 4.78 is 0. The molecule has 0 amide bonds. The molecule has 0 unspecified atom stereocenters. The highest BCUT2D eigenvalue weighted by atomic mass is 16.6. The number of nitrogens with one attached hydrogen (secondary N) is 2. The normalized spacial score (nSPS) is 10.8. The van der Waals surface area contributed by atoms with Gasteiger partial charge in [-0.2, -0.15) is 0 Å². The maximum absolute atomic E-state index is 10.9. The monoisotopic (exact) mass is 281 g/mol. The molecule has 0 atom stereocenters. The molecule has 7 heteroatoms. The number of rotatable bonds is 9. The van der Waals surface area contributed by atoms with Gasteiger partial charge in [0.15, 0.2) is 0 Å². The fraction of sp³-hybridized carbons (Fsp3) is 0.538. The van der Waals surface area contributed by atoms with Crippen molar-refractivity contribution in [2.75, 3.05) is 51.3 Å². The van der Waals surface area contributed by atoms with Crippen molar-refractivity contribution in [3.8, 4) is 0 Å². The molecule has 0 heterocycles. The lowest BCUT2D eigenvalue weighted by Gasteiger charge is -2.11. The van der Waals surface area contributed by atoms with Crippen molar-refractivity contribution in [3.05, 3.63) is 28.3 Å². The summed E-state index contributed by atoms with van der Waals surface area (Å²) in [6.07, 6.45) is 1.08. The topological polar surface area (TPSA) is 96.5 Å². The first kappa shape index (κ1) is 16.2. The van der Waals surface area contributed by atoms with Crippen LogP contribution in [0.3, 0.4) is 0 Å². The van der Waals surface area contributed by atoms with Crippen molar-refractivity contribution in [2.24, 2.45) is 0 Å². The maximum atomic E-state index is 10.9. The molecule has 0 fully saturated rings. The Kier molecular flexibility index (Phi) is 6.75. The number of hydrogen-bond acceptors (Lipinski definition) is 6. The molecule has 112 valence electrons. The van der Waals surface area contributed by atoms with E-state index >= 15 is 0 Å². The summed E-state index contributed by atoms with van der Waals surface area (Å²) in [7, 11) is 4.09. The molecule has 0 saturated heterocycles. The number of nitrogens with two attached hydrogens (primary N) is 1. The molecule has 0 bridgehead atoms. The van der Waals surface area contributed by atoms with Crippen molar-refractivity contribution in [1.29, 1.82) is 0 Å². The molecule has 7 nitrogen and oxygen atoms in total. The zero-order valence-corrected chi connectivity index (χ0v) is 12.1. The van der Waals surface area contributed by atoms with Crippen LogP contribution in [0, 0.1) is 10.1 Å². The third kappa shape index (κ3) is 5.85. The van der Waals surface area contributed by atoms with Crippen LogP contribution in [-0.2, 0) is 0 Å². The number of nitrogen functional groups attached to an aromatic ring is 1. The summed E-state index contributed by atoms with van der Waals surface area (Å²) in [5, 5.41) is 17.2. The zero-order valence-electron chi connectivity index (χ0n) is 12.1. The molecule has 0 aromatic heterocycles. The molecule has 0 radical (unpaired) electrons. The summed E-state index contributed by atoms with van der Waals surface area (Å²) in [5.41, 5.74) is 6.45. The Labute approximate surface area is 119 Å². The van der Waals surface area contributed by atoms with Gasteiger partial charge in [-0.25, -0.2) is 0 Å². The molecule has 0 aliphatic rings. The first-order valence-corrected chi connectivity index (χ1v) is 6.64. The molecular formula is C13H23N5O2. The van der Waals surface area contributed by atoms with Crippen molar-refractivity contribution in [1.82, 2.24) is 10.2 Å². The quantitative estimate of drug-likeness (QED) is 0.272. The van der Waals surface area contributed by atoms with E-state index in [4.69, 9.17) is 5.73 Å². The fourth-order valence-corrected chi connectivity index (χ4v) is 1.78. The lowest BCUT2D eigenvalue weighted by molar-refractivity contribution is -0.383. The van der Waals surface area contributed by atoms with Crippen LogP contribution in [0.2, 0.25) is 0 Å². The van der Waals surface area contributed by atoms with E-state index in [0.29, 0.717) is 17.9 Å². The van der Waals surface area contributed by atoms with Crippen molar-refractivity contribution < 1.29 is 4.92 Å². The third-order valence-corrected chi connectivity index (χ3v) is 2.79. The minimum Gasteiger partial charge on any atom is -0.399 e. The molecule has 4 N–H and O–H groups in total. The number of benzene rings is 1. The molecule has 0 aliphatic carbocycles. The van der Waals surface area contributed by atoms with Gasteiger partial charge in [-0.05, 0) is 45.7 Å². The minimum atomic E-state index is -0.427. The summed E-state index contributed by atoms with van der Waals surface area (Å²) in [5.74, 6) is 0. The average Bonchev–Trinajstić information content (AvgIpc) is 2.38. The standard InChI is InChI=1S/C13H23N5O2/c1-17(2)9-3-6-15-7-8-16-12-5-4-11(14)10-13(12)18(19)20/h4-5,10,15-16H,3,6-9,14H2,1-2H3. The van der Waals surface area contributed by atoms with Crippen molar-refractivity contribution in [3.63, 3.8) is 0 Å². The highest BCUT2D eigenvalue weighted by Crippen LogP contribution is 2.26. The summed E-state index contributed by atoms with van der Waals surface area (Å²) >= 11 is 0. The van der Waals surface area contributed by atoms with Crippen LogP contribution in [0.25, 0.3) is 0 Å². The van der Waals surface area contributed by atoms with Gasteiger partial charge in [0.2, 0.25) is 0 Å². The van der Waals surface area contributed by atoms with Gasteiger partial charge in [-0.15, -0.1) is 0 Å². The SMILES string of the molecule is CN(C)CCCNCCNc1ccc(N)cc1[N+](=O)[O-]. The fourth-order valence-electron chi connectivity index (χ4n) is 1.78. The minimum absolute atomic E-state index is 0.0117. The number of nitro benzene ring substituents is 1. The molecule has 1 aromatic rings. The van der Waals surface area contributed by atoms with Crippen LogP contribution in [0.15, 0.2) is 18.2 Å². The van der Waals surface area contributed by atoms with E-state index in [2.05, 4.69) is 15.5 Å². The van der Waals surface area contributed by atoms with Gasteiger partial charge in [0, 0.05) is 24.8 Å². The summed E-state index contributed by atoms with van der Waals surface area (Å²) in [6, 6.07) is 4.66. The highest BCUT2D eigenvalue weighted by molar-refractivity contribution is 5.66. The average molecular weight is 281 g/mol.